The van der Waals surface area contributed by atoms with Gasteiger partial charge in [0, 0.05) is 18.1 Å². The lowest BCUT2D eigenvalue weighted by molar-refractivity contribution is 0.153. The van der Waals surface area contributed by atoms with Crippen LogP contribution in [0.4, 0.5) is 0 Å². The summed E-state index contributed by atoms with van der Waals surface area (Å²) in [5.74, 6) is 0. The highest BCUT2D eigenvalue weighted by molar-refractivity contribution is 4.93. The van der Waals surface area contributed by atoms with Gasteiger partial charge in [0.15, 0.2) is 0 Å². The standard InChI is InChI=1S/C16H32N2/c1-3-4-5-6-9-14(2)18-13-8-11-16(18)15-10-7-12-17-15/h14-17H,3-13H2,1-2H3. The second kappa shape index (κ2) is 7.49. The Bertz CT molecular complexity index is 223. The van der Waals surface area contributed by atoms with Crippen molar-refractivity contribution in [2.45, 2.75) is 89.8 Å². The normalized spacial score (nSPS) is 31.0. The lowest BCUT2D eigenvalue weighted by Gasteiger charge is -2.34. The molecule has 0 spiro atoms. The third-order valence-electron chi connectivity index (χ3n) is 4.95. The van der Waals surface area contributed by atoms with Crippen LogP contribution in [0.1, 0.15) is 71.6 Å². The van der Waals surface area contributed by atoms with Gasteiger partial charge in [0.2, 0.25) is 0 Å². The number of hydrogen-bond donors (Lipinski definition) is 1. The van der Waals surface area contributed by atoms with Crippen LogP contribution in [0.2, 0.25) is 0 Å². The first kappa shape index (κ1) is 14.3. The van der Waals surface area contributed by atoms with Crippen molar-refractivity contribution < 1.29 is 0 Å². The molecule has 3 atom stereocenters. The van der Waals surface area contributed by atoms with Crippen LogP contribution in [-0.4, -0.2) is 36.1 Å². The zero-order valence-electron chi connectivity index (χ0n) is 12.5. The molecule has 2 saturated heterocycles. The summed E-state index contributed by atoms with van der Waals surface area (Å²) in [6.07, 6.45) is 12.7. The largest absolute Gasteiger partial charge is 0.312 e. The molecule has 2 nitrogen and oxygen atoms in total. The van der Waals surface area contributed by atoms with Crippen LogP contribution in [-0.2, 0) is 0 Å². The minimum Gasteiger partial charge on any atom is -0.312 e. The second-order valence-electron chi connectivity index (χ2n) is 6.35. The Balaban J connectivity index is 1.75. The molecule has 2 heteroatoms. The van der Waals surface area contributed by atoms with E-state index < -0.39 is 0 Å². The molecule has 0 bridgehead atoms. The molecule has 1 N–H and O–H groups in total. The average molecular weight is 252 g/mol. The molecular weight excluding hydrogens is 220 g/mol. The van der Waals surface area contributed by atoms with Gasteiger partial charge in [0.25, 0.3) is 0 Å². The van der Waals surface area contributed by atoms with Crippen LogP contribution < -0.4 is 5.32 Å². The highest BCUT2D eigenvalue weighted by atomic mass is 15.2. The number of hydrogen-bond acceptors (Lipinski definition) is 2. The number of rotatable bonds is 7. The summed E-state index contributed by atoms with van der Waals surface area (Å²) in [6, 6.07) is 2.44. The third kappa shape index (κ3) is 3.71. The molecular formula is C16H32N2. The minimum atomic E-state index is 0.797. The first-order valence-electron chi connectivity index (χ1n) is 8.32. The average Bonchev–Trinajstić information content (AvgIpc) is 3.02. The maximum atomic E-state index is 3.72. The number of nitrogens with zero attached hydrogens (tertiary/aromatic N) is 1. The van der Waals surface area contributed by atoms with Crippen LogP contribution in [0.5, 0.6) is 0 Å². The monoisotopic (exact) mass is 252 g/mol. The summed E-state index contributed by atoms with van der Waals surface area (Å²) >= 11 is 0. The smallest absolute Gasteiger partial charge is 0.0252 e. The molecule has 2 rings (SSSR count). The Morgan fingerprint density at radius 2 is 2.06 bits per heavy atom. The van der Waals surface area contributed by atoms with Crippen molar-refractivity contribution >= 4 is 0 Å². The van der Waals surface area contributed by atoms with Gasteiger partial charge >= 0.3 is 0 Å². The van der Waals surface area contributed by atoms with Crippen LogP contribution in [0.15, 0.2) is 0 Å². The minimum absolute atomic E-state index is 0.797. The zero-order chi connectivity index (χ0) is 12.8. The summed E-state index contributed by atoms with van der Waals surface area (Å²) in [5, 5.41) is 3.72. The van der Waals surface area contributed by atoms with Crippen molar-refractivity contribution in [3.05, 3.63) is 0 Å². The topological polar surface area (TPSA) is 15.3 Å². The molecule has 2 aliphatic rings. The molecule has 0 aliphatic carbocycles. The second-order valence-corrected chi connectivity index (χ2v) is 6.35. The van der Waals surface area contributed by atoms with Crippen LogP contribution >= 0.6 is 0 Å². The Morgan fingerprint density at radius 3 is 2.78 bits per heavy atom. The van der Waals surface area contributed by atoms with E-state index in [1.54, 1.807) is 0 Å². The van der Waals surface area contributed by atoms with Crippen molar-refractivity contribution in [2.75, 3.05) is 13.1 Å². The van der Waals surface area contributed by atoms with Gasteiger partial charge in [-0.1, -0.05) is 32.6 Å². The molecule has 18 heavy (non-hydrogen) atoms. The van der Waals surface area contributed by atoms with Crippen molar-refractivity contribution in [1.29, 1.82) is 0 Å². The van der Waals surface area contributed by atoms with Crippen molar-refractivity contribution in [2.24, 2.45) is 0 Å². The zero-order valence-corrected chi connectivity index (χ0v) is 12.5. The first-order valence-corrected chi connectivity index (χ1v) is 8.32. The molecule has 0 aromatic carbocycles. The molecule has 2 heterocycles. The summed E-state index contributed by atoms with van der Waals surface area (Å²) in [6.45, 7) is 7.35. The maximum Gasteiger partial charge on any atom is 0.0252 e. The van der Waals surface area contributed by atoms with E-state index in [1.165, 1.54) is 70.9 Å². The van der Waals surface area contributed by atoms with Crippen LogP contribution in [0, 0.1) is 0 Å². The Morgan fingerprint density at radius 1 is 1.17 bits per heavy atom. The van der Waals surface area contributed by atoms with Crippen LogP contribution in [0.25, 0.3) is 0 Å². The summed E-state index contributed by atoms with van der Waals surface area (Å²) in [7, 11) is 0. The van der Waals surface area contributed by atoms with Gasteiger partial charge < -0.3 is 5.32 Å². The highest BCUT2D eigenvalue weighted by Gasteiger charge is 2.35. The lowest BCUT2D eigenvalue weighted by Crippen LogP contribution is -2.47. The molecule has 3 unspecified atom stereocenters. The molecule has 0 saturated carbocycles. The summed E-state index contributed by atoms with van der Waals surface area (Å²) in [4.78, 5) is 2.81. The number of likely N-dealkylation sites (tertiary alicyclic amines) is 1. The van der Waals surface area contributed by atoms with Crippen molar-refractivity contribution in [1.82, 2.24) is 10.2 Å². The van der Waals surface area contributed by atoms with Crippen LogP contribution in [0.3, 0.4) is 0 Å². The molecule has 2 aliphatic heterocycles. The molecule has 106 valence electrons. The predicted octanol–water partition coefficient (Wildman–Crippen LogP) is 3.56. The van der Waals surface area contributed by atoms with Gasteiger partial charge in [0.05, 0.1) is 0 Å². The quantitative estimate of drug-likeness (QED) is 0.697. The van der Waals surface area contributed by atoms with E-state index in [-0.39, 0.29) is 0 Å². The molecule has 0 radical (unpaired) electrons. The van der Waals surface area contributed by atoms with E-state index in [2.05, 4.69) is 24.1 Å². The molecule has 0 aromatic rings. The van der Waals surface area contributed by atoms with Gasteiger partial charge in [-0.25, -0.2) is 0 Å². The van der Waals surface area contributed by atoms with E-state index in [0.29, 0.717) is 0 Å². The van der Waals surface area contributed by atoms with E-state index in [9.17, 15) is 0 Å². The fourth-order valence-corrected chi connectivity index (χ4v) is 3.87. The molecule has 0 aromatic heterocycles. The predicted molar refractivity (Wildman–Crippen MR) is 79.0 cm³/mol. The Hall–Kier alpha value is -0.0800. The van der Waals surface area contributed by atoms with E-state index in [4.69, 9.17) is 0 Å². The van der Waals surface area contributed by atoms with Crippen molar-refractivity contribution in [3.8, 4) is 0 Å². The van der Waals surface area contributed by atoms with Gasteiger partial charge in [-0.3, -0.25) is 4.90 Å². The molecule has 2 fully saturated rings. The van der Waals surface area contributed by atoms with Gasteiger partial charge in [-0.2, -0.15) is 0 Å². The van der Waals surface area contributed by atoms with E-state index in [0.717, 1.165) is 18.1 Å². The third-order valence-corrected chi connectivity index (χ3v) is 4.95. The lowest BCUT2D eigenvalue weighted by atomic mass is 10.0. The van der Waals surface area contributed by atoms with Gasteiger partial charge in [-0.05, 0) is 52.1 Å². The Kier molecular flexibility index (Phi) is 5.97. The summed E-state index contributed by atoms with van der Waals surface area (Å²) in [5.41, 5.74) is 0. The van der Waals surface area contributed by atoms with Crippen molar-refractivity contribution in [3.63, 3.8) is 0 Å². The summed E-state index contributed by atoms with van der Waals surface area (Å²) < 4.78 is 0. The SMILES string of the molecule is CCCCCCC(C)N1CCCC1C1CCCN1. The van der Waals surface area contributed by atoms with Gasteiger partial charge in [0.1, 0.15) is 0 Å². The Labute approximate surface area is 114 Å². The first-order chi connectivity index (χ1) is 8.83. The highest BCUT2D eigenvalue weighted by Crippen LogP contribution is 2.28. The maximum absolute atomic E-state index is 3.72. The van der Waals surface area contributed by atoms with E-state index in [1.807, 2.05) is 0 Å². The van der Waals surface area contributed by atoms with E-state index >= 15 is 0 Å². The number of unbranched alkanes of at least 4 members (excludes halogenated alkanes) is 3. The van der Waals surface area contributed by atoms with Gasteiger partial charge in [-0.15, -0.1) is 0 Å². The molecule has 0 amide bonds. The number of nitrogens with one attached hydrogen (secondary N) is 1. The fraction of sp³-hybridized carbons (Fsp3) is 1.00. The fourth-order valence-electron chi connectivity index (χ4n) is 3.87.